The van der Waals surface area contributed by atoms with Crippen LogP contribution in [0, 0.1) is 5.41 Å². The van der Waals surface area contributed by atoms with E-state index in [9.17, 15) is 13.2 Å². The van der Waals surface area contributed by atoms with Crippen molar-refractivity contribution in [3.63, 3.8) is 0 Å². The van der Waals surface area contributed by atoms with Gasteiger partial charge >= 0.3 is 6.18 Å². The fraction of sp³-hybridized carbons (Fsp3) is 0.667. The number of alkyl halides is 3. The van der Waals surface area contributed by atoms with Gasteiger partial charge in [-0.1, -0.05) is 44.0 Å². The fourth-order valence-corrected chi connectivity index (χ4v) is 3.51. The van der Waals surface area contributed by atoms with E-state index in [1.807, 2.05) is 24.3 Å². The second-order valence-electron chi connectivity index (χ2n) is 7.30. The molecule has 1 unspecified atom stereocenters. The van der Waals surface area contributed by atoms with Crippen molar-refractivity contribution in [1.82, 2.24) is 5.32 Å². The van der Waals surface area contributed by atoms with Crippen LogP contribution in [0.15, 0.2) is 24.3 Å². The lowest BCUT2D eigenvalue weighted by atomic mass is 9.70. The molecule has 1 saturated heterocycles. The zero-order valence-corrected chi connectivity index (χ0v) is 14.5. The molecule has 1 aromatic carbocycles. The van der Waals surface area contributed by atoms with Gasteiger partial charge in [0.2, 0.25) is 0 Å². The summed E-state index contributed by atoms with van der Waals surface area (Å²) in [6, 6.07) is 7.77. The third kappa shape index (κ3) is 4.42. The first kappa shape index (κ1) is 18.6. The topological polar surface area (TPSA) is 12.0 Å². The lowest BCUT2D eigenvalue weighted by Gasteiger charge is -2.39. The lowest BCUT2D eigenvalue weighted by Crippen LogP contribution is -2.43. The highest BCUT2D eigenvalue weighted by Crippen LogP contribution is 2.43. The minimum absolute atomic E-state index is 0.0789. The van der Waals surface area contributed by atoms with Crippen molar-refractivity contribution in [2.45, 2.75) is 57.5 Å². The molecular formula is C18H25ClF3N. The molecule has 0 aliphatic carbocycles. The Labute approximate surface area is 141 Å². The molecule has 0 saturated carbocycles. The molecule has 1 aliphatic rings. The summed E-state index contributed by atoms with van der Waals surface area (Å²) in [4.78, 5) is 0. The van der Waals surface area contributed by atoms with Gasteiger partial charge in [-0.25, -0.2) is 0 Å². The summed E-state index contributed by atoms with van der Waals surface area (Å²) in [6.45, 7) is 4.38. The molecule has 1 fully saturated rings. The number of benzene rings is 1. The number of nitrogens with one attached hydrogen (secondary N) is 1. The Morgan fingerprint density at radius 2 is 1.83 bits per heavy atom. The Bertz CT molecular complexity index is 502. The van der Waals surface area contributed by atoms with E-state index in [4.69, 9.17) is 11.6 Å². The van der Waals surface area contributed by atoms with Crippen LogP contribution in [0.1, 0.15) is 51.5 Å². The van der Waals surface area contributed by atoms with Gasteiger partial charge < -0.3 is 5.32 Å². The van der Waals surface area contributed by atoms with E-state index in [1.54, 1.807) is 0 Å². The van der Waals surface area contributed by atoms with Crippen LogP contribution in [0.5, 0.6) is 0 Å². The van der Waals surface area contributed by atoms with Gasteiger partial charge in [-0.2, -0.15) is 13.2 Å². The maximum absolute atomic E-state index is 13.0. The van der Waals surface area contributed by atoms with Crippen LogP contribution in [0.3, 0.4) is 0 Å². The second-order valence-corrected chi connectivity index (χ2v) is 7.74. The van der Waals surface area contributed by atoms with Gasteiger partial charge in [-0.3, -0.25) is 0 Å². The van der Waals surface area contributed by atoms with Crippen molar-refractivity contribution < 1.29 is 13.2 Å². The molecule has 1 aliphatic heterocycles. The highest BCUT2D eigenvalue weighted by molar-refractivity contribution is 6.30. The number of hydrogen-bond acceptors (Lipinski definition) is 1. The molecule has 0 bridgehead atoms. The summed E-state index contributed by atoms with van der Waals surface area (Å²) in [5.74, 6) is 0. The SMILES string of the molecule is CC(C)(CCCC1(c2ccc(Cl)cc2)CCCNC1)C(F)(F)F. The number of hydrogen-bond donors (Lipinski definition) is 1. The standard InChI is InChI=1S/C18H25ClF3N/c1-16(2,18(20,21)22)9-3-10-17(11-4-12-23-13-17)14-5-7-15(19)8-6-14/h5-8,23H,3-4,9-13H2,1-2H3. The Morgan fingerprint density at radius 1 is 1.17 bits per heavy atom. The predicted molar refractivity (Wildman–Crippen MR) is 88.9 cm³/mol. The third-order valence-corrected chi connectivity index (χ3v) is 5.41. The molecule has 1 N–H and O–H groups in total. The van der Waals surface area contributed by atoms with E-state index in [0.717, 1.165) is 32.4 Å². The van der Waals surface area contributed by atoms with Gasteiger partial charge in [0.1, 0.15) is 0 Å². The molecule has 1 nitrogen and oxygen atoms in total. The number of halogens is 4. The molecule has 0 spiro atoms. The normalized spacial score (nSPS) is 23.0. The predicted octanol–water partition coefficient (Wildman–Crippen LogP) is 5.72. The van der Waals surface area contributed by atoms with Gasteiger partial charge in [-0.15, -0.1) is 0 Å². The zero-order valence-electron chi connectivity index (χ0n) is 13.8. The highest BCUT2D eigenvalue weighted by Gasteiger charge is 2.47. The van der Waals surface area contributed by atoms with E-state index in [0.29, 0.717) is 11.4 Å². The summed E-state index contributed by atoms with van der Waals surface area (Å²) in [6.07, 6.45) is -0.603. The molecule has 5 heteroatoms. The fourth-order valence-electron chi connectivity index (χ4n) is 3.39. The number of rotatable bonds is 5. The smallest absolute Gasteiger partial charge is 0.316 e. The van der Waals surface area contributed by atoms with Gasteiger partial charge in [0.15, 0.2) is 0 Å². The molecule has 0 aromatic heterocycles. The molecule has 2 rings (SSSR count). The minimum atomic E-state index is -4.15. The number of piperidine rings is 1. The molecule has 0 radical (unpaired) electrons. The van der Waals surface area contributed by atoms with E-state index in [1.165, 1.54) is 19.4 Å². The van der Waals surface area contributed by atoms with Gasteiger partial charge in [0.25, 0.3) is 0 Å². The van der Waals surface area contributed by atoms with Crippen LogP contribution in [-0.4, -0.2) is 19.3 Å². The first-order chi connectivity index (χ1) is 10.7. The van der Waals surface area contributed by atoms with Crippen LogP contribution in [-0.2, 0) is 5.41 Å². The van der Waals surface area contributed by atoms with Crippen LogP contribution in [0.2, 0.25) is 5.02 Å². The Hall–Kier alpha value is -0.740. The maximum Gasteiger partial charge on any atom is 0.393 e. The molecule has 0 amide bonds. The molecule has 130 valence electrons. The van der Waals surface area contributed by atoms with E-state index in [2.05, 4.69) is 5.32 Å². The zero-order chi connectivity index (χ0) is 17.1. The van der Waals surface area contributed by atoms with Gasteiger partial charge in [0, 0.05) is 17.0 Å². The Morgan fingerprint density at radius 3 is 2.35 bits per heavy atom. The van der Waals surface area contributed by atoms with Crippen molar-refractivity contribution in [2.75, 3.05) is 13.1 Å². The van der Waals surface area contributed by atoms with Gasteiger partial charge in [0.05, 0.1) is 5.41 Å². The van der Waals surface area contributed by atoms with Crippen LogP contribution < -0.4 is 5.32 Å². The summed E-state index contributed by atoms with van der Waals surface area (Å²) < 4.78 is 39.1. The Balaban J connectivity index is 2.09. The van der Waals surface area contributed by atoms with E-state index >= 15 is 0 Å². The van der Waals surface area contributed by atoms with Crippen molar-refractivity contribution in [3.05, 3.63) is 34.9 Å². The van der Waals surface area contributed by atoms with Crippen LogP contribution in [0.25, 0.3) is 0 Å². The highest BCUT2D eigenvalue weighted by atomic mass is 35.5. The monoisotopic (exact) mass is 347 g/mol. The average Bonchev–Trinajstić information content (AvgIpc) is 2.47. The first-order valence-corrected chi connectivity index (χ1v) is 8.58. The summed E-state index contributed by atoms with van der Waals surface area (Å²) in [5, 5.41) is 4.10. The van der Waals surface area contributed by atoms with E-state index in [-0.39, 0.29) is 11.8 Å². The first-order valence-electron chi connectivity index (χ1n) is 8.20. The summed E-state index contributed by atoms with van der Waals surface area (Å²) in [7, 11) is 0. The maximum atomic E-state index is 13.0. The van der Waals surface area contributed by atoms with Gasteiger partial charge in [-0.05, 0) is 49.9 Å². The Kier molecular flexibility index (Phi) is 5.68. The molecule has 23 heavy (non-hydrogen) atoms. The summed E-state index contributed by atoms with van der Waals surface area (Å²) in [5.41, 5.74) is -0.528. The van der Waals surface area contributed by atoms with E-state index < -0.39 is 11.6 Å². The minimum Gasteiger partial charge on any atom is -0.316 e. The second kappa shape index (κ2) is 7.02. The quantitative estimate of drug-likeness (QED) is 0.718. The molecule has 1 atom stereocenters. The van der Waals surface area contributed by atoms with Crippen molar-refractivity contribution in [1.29, 1.82) is 0 Å². The average molecular weight is 348 g/mol. The lowest BCUT2D eigenvalue weighted by molar-refractivity contribution is -0.214. The molecular weight excluding hydrogens is 323 g/mol. The van der Waals surface area contributed by atoms with Crippen LogP contribution >= 0.6 is 11.6 Å². The third-order valence-electron chi connectivity index (χ3n) is 5.15. The van der Waals surface area contributed by atoms with Crippen molar-refractivity contribution in [3.8, 4) is 0 Å². The molecule has 1 heterocycles. The molecule has 1 aromatic rings. The van der Waals surface area contributed by atoms with Crippen molar-refractivity contribution in [2.24, 2.45) is 5.41 Å². The van der Waals surface area contributed by atoms with Crippen LogP contribution in [0.4, 0.5) is 13.2 Å². The largest absolute Gasteiger partial charge is 0.393 e. The summed E-state index contributed by atoms with van der Waals surface area (Å²) >= 11 is 5.97. The van der Waals surface area contributed by atoms with Crippen molar-refractivity contribution >= 4 is 11.6 Å².